The van der Waals surface area contributed by atoms with Crippen LogP contribution in [0.15, 0.2) is 42.5 Å². The van der Waals surface area contributed by atoms with E-state index in [1.54, 1.807) is 19.2 Å². The van der Waals surface area contributed by atoms with E-state index in [9.17, 15) is 4.39 Å². The monoisotopic (exact) mass is 290 g/mol. The van der Waals surface area contributed by atoms with Gasteiger partial charge in [-0.05, 0) is 41.8 Å². The second-order valence-electron chi connectivity index (χ2n) is 4.67. The second-order valence-corrected chi connectivity index (χ2v) is 4.67. The predicted octanol–water partition coefficient (Wildman–Crippen LogP) is 2.59. The number of methoxy groups -OCH3 is 2. The van der Waals surface area contributed by atoms with Crippen molar-refractivity contribution in [2.75, 3.05) is 14.2 Å². The lowest BCUT2D eigenvalue weighted by Crippen LogP contribution is -2.29. The predicted molar refractivity (Wildman–Crippen MR) is 79.7 cm³/mol. The lowest BCUT2D eigenvalue weighted by Gasteiger charge is -2.17. The number of ether oxygens (including phenoxy) is 2. The summed E-state index contributed by atoms with van der Waals surface area (Å²) in [6.45, 7) is 0. The summed E-state index contributed by atoms with van der Waals surface area (Å²) in [6, 6.07) is 12.3. The summed E-state index contributed by atoms with van der Waals surface area (Å²) < 4.78 is 23.9. The van der Waals surface area contributed by atoms with E-state index in [-0.39, 0.29) is 11.8 Å². The molecular weight excluding hydrogens is 271 g/mol. The average molecular weight is 290 g/mol. The van der Waals surface area contributed by atoms with E-state index in [2.05, 4.69) is 5.43 Å². The summed E-state index contributed by atoms with van der Waals surface area (Å²) in [5.74, 6) is 6.21. The summed E-state index contributed by atoms with van der Waals surface area (Å²) in [5, 5.41) is 0. The van der Waals surface area contributed by atoms with Crippen molar-refractivity contribution in [3.8, 4) is 11.5 Å². The van der Waals surface area contributed by atoms with Crippen LogP contribution in [0.2, 0.25) is 0 Å². The van der Waals surface area contributed by atoms with Gasteiger partial charge in [0, 0.05) is 0 Å². The average Bonchev–Trinajstić information content (AvgIpc) is 2.52. The first-order chi connectivity index (χ1) is 10.2. The fourth-order valence-electron chi connectivity index (χ4n) is 2.21. The third kappa shape index (κ3) is 3.71. The Balaban J connectivity index is 2.21. The molecule has 1 atom stereocenters. The van der Waals surface area contributed by atoms with Crippen molar-refractivity contribution >= 4 is 0 Å². The molecule has 1 unspecified atom stereocenters. The molecule has 2 aromatic carbocycles. The van der Waals surface area contributed by atoms with Crippen LogP contribution in [-0.2, 0) is 6.42 Å². The Morgan fingerprint density at radius 2 is 1.95 bits per heavy atom. The standard InChI is InChI=1S/C16H19FN2O2/c1-20-13-5-3-4-11(8-13)9-15(19-18)12-6-7-16(21-2)14(17)10-12/h3-8,10,15,19H,9,18H2,1-2H3. The lowest BCUT2D eigenvalue weighted by molar-refractivity contribution is 0.385. The molecule has 0 aromatic heterocycles. The van der Waals surface area contributed by atoms with Gasteiger partial charge in [-0.25, -0.2) is 4.39 Å². The highest BCUT2D eigenvalue weighted by atomic mass is 19.1. The molecule has 112 valence electrons. The molecule has 2 rings (SSSR count). The number of nitrogens with one attached hydrogen (secondary N) is 1. The minimum Gasteiger partial charge on any atom is -0.497 e. The molecule has 0 radical (unpaired) electrons. The number of hydrogen-bond acceptors (Lipinski definition) is 4. The van der Waals surface area contributed by atoms with Crippen molar-refractivity contribution in [1.29, 1.82) is 0 Å². The van der Waals surface area contributed by atoms with Crippen LogP contribution >= 0.6 is 0 Å². The van der Waals surface area contributed by atoms with Gasteiger partial charge in [-0.15, -0.1) is 0 Å². The first kappa shape index (κ1) is 15.3. The van der Waals surface area contributed by atoms with Crippen molar-refractivity contribution in [2.45, 2.75) is 12.5 Å². The normalized spacial score (nSPS) is 12.0. The second kappa shape index (κ2) is 7.06. The molecule has 0 saturated heterocycles. The van der Waals surface area contributed by atoms with E-state index in [0.29, 0.717) is 6.42 Å². The molecule has 0 spiro atoms. The van der Waals surface area contributed by atoms with Gasteiger partial charge in [0.1, 0.15) is 5.75 Å². The maximum Gasteiger partial charge on any atom is 0.165 e. The Morgan fingerprint density at radius 3 is 2.57 bits per heavy atom. The van der Waals surface area contributed by atoms with Gasteiger partial charge in [0.2, 0.25) is 0 Å². The van der Waals surface area contributed by atoms with Crippen LogP contribution in [0.25, 0.3) is 0 Å². The van der Waals surface area contributed by atoms with Crippen LogP contribution in [0.5, 0.6) is 11.5 Å². The molecule has 0 aliphatic rings. The molecule has 0 heterocycles. The topological polar surface area (TPSA) is 56.5 Å². The molecule has 3 N–H and O–H groups in total. The zero-order valence-electron chi connectivity index (χ0n) is 12.1. The molecular formula is C16H19FN2O2. The van der Waals surface area contributed by atoms with Gasteiger partial charge in [0.15, 0.2) is 11.6 Å². The Bertz CT molecular complexity index is 605. The van der Waals surface area contributed by atoms with E-state index in [0.717, 1.165) is 16.9 Å². The number of hydrogen-bond donors (Lipinski definition) is 2. The zero-order chi connectivity index (χ0) is 15.2. The zero-order valence-corrected chi connectivity index (χ0v) is 12.1. The minimum absolute atomic E-state index is 0.197. The molecule has 4 nitrogen and oxygen atoms in total. The van der Waals surface area contributed by atoms with Crippen molar-refractivity contribution in [3.63, 3.8) is 0 Å². The Hall–Kier alpha value is -2.11. The molecule has 0 saturated carbocycles. The van der Waals surface area contributed by atoms with Crippen LogP contribution in [0, 0.1) is 5.82 Å². The molecule has 0 aliphatic heterocycles. The molecule has 2 aromatic rings. The maximum atomic E-state index is 13.8. The SMILES string of the molecule is COc1cccc(CC(NN)c2ccc(OC)c(F)c2)c1. The summed E-state index contributed by atoms with van der Waals surface area (Å²) >= 11 is 0. The maximum absolute atomic E-state index is 13.8. The van der Waals surface area contributed by atoms with E-state index < -0.39 is 5.82 Å². The molecule has 0 fully saturated rings. The quantitative estimate of drug-likeness (QED) is 0.634. The molecule has 0 bridgehead atoms. The van der Waals surface area contributed by atoms with E-state index in [1.807, 2.05) is 24.3 Å². The van der Waals surface area contributed by atoms with Crippen LogP contribution in [0.1, 0.15) is 17.2 Å². The first-order valence-corrected chi connectivity index (χ1v) is 6.60. The van der Waals surface area contributed by atoms with Gasteiger partial charge < -0.3 is 9.47 Å². The van der Waals surface area contributed by atoms with E-state index in [1.165, 1.54) is 13.2 Å². The smallest absolute Gasteiger partial charge is 0.165 e. The Morgan fingerprint density at radius 1 is 1.14 bits per heavy atom. The molecule has 21 heavy (non-hydrogen) atoms. The van der Waals surface area contributed by atoms with Gasteiger partial charge in [-0.3, -0.25) is 11.3 Å². The minimum atomic E-state index is -0.402. The van der Waals surface area contributed by atoms with Gasteiger partial charge in [-0.1, -0.05) is 18.2 Å². The van der Waals surface area contributed by atoms with Crippen LogP contribution in [-0.4, -0.2) is 14.2 Å². The highest BCUT2D eigenvalue weighted by molar-refractivity contribution is 5.33. The molecule has 0 aliphatic carbocycles. The van der Waals surface area contributed by atoms with Crippen molar-refractivity contribution in [1.82, 2.24) is 5.43 Å². The third-order valence-corrected chi connectivity index (χ3v) is 3.35. The number of nitrogens with two attached hydrogens (primary N) is 1. The van der Waals surface area contributed by atoms with Crippen molar-refractivity contribution < 1.29 is 13.9 Å². The Labute approximate surface area is 123 Å². The van der Waals surface area contributed by atoms with Gasteiger partial charge in [0.25, 0.3) is 0 Å². The first-order valence-electron chi connectivity index (χ1n) is 6.60. The number of rotatable bonds is 6. The van der Waals surface area contributed by atoms with Crippen molar-refractivity contribution in [2.24, 2.45) is 5.84 Å². The van der Waals surface area contributed by atoms with Gasteiger partial charge in [0.05, 0.1) is 20.3 Å². The van der Waals surface area contributed by atoms with Gasteiger partial charge >= 0.3 is 0 Å². The number of benzene rings is 2. The highest BCUT2D eigenvalue weighted by Crippen LogP contribution is 2.25. The highest BCUT2D eigenvalue weighted by Gasteiger charge is 2.13. The van der Waals surface area contributed by atoms with Crippen molar-refractivity contribution in [3.05, 3.63) is 59.4 Å². The fraction of sp³-hybridized carbons (Fsp3) is 0.250. The lowest BCUT2D eigenvalue weighted by atomic mass is 9.99. The summed E-state index contributed by atoms with van der Waals surface area (Å²) in [7, 11) is 3.06. The van der Waals surface area contributed by atoms with E-state index >= 15 is 0 Å². The summed E-state index contributed by atoms with van der Waals surface area (Å²) in [4.78, 5) is 0. The van der Waals surface area contributed by atoms with Crippen LogP contribution in [0.3, 0.4) is 0 Å². The number of hydrazine groups is 1. The number of halogens is 1. The van der Waals surface area contributed by atoms with Crippen LogP contribution in [0.4, 0.5) is 4.39 Å². The fourth-order valence-corrected chi connectivity index (χ4v) is 2.21. The van der Waals surface area contributed by atoms with Gasteiger partial charge in [-0.2, -0.15) is 0 Å². The third-order valence-electron chi connectivity index (χ3n) is 3.35. The summed E-state index contributed by atoms with van der Waals surface area (Å²) in [5.41, 5.74) is 4.53. The molecule has 0 amide bonds. The van der Waals surface area contributed by atoms with E-state index in [4.69, 9.17) is 15.3 Å². The Kier molecular flexibility index (Phi) is 5.14. The van der Waals surface area contributed by atoms with Crippen LogP contribution < -0.4 is 20.7 Å². The molecule has 5 heteroatoms. The largest absolute Gasteiger partial charge is 0.497 e. The summed E-state index contributed by atoms with van der Waals surface area (Å²) in [6.07, 6.45) is 0.624.